The van der Waals surface area contributed by atoms with Crippen molar-refractivity contribution in [2.75, 3.05) is 6.54 Å². The van der Waals surface area contributed by atoms with Crippen molar-refractivity contribution in [3.8, 4) is 0 Å². The first-order valence-electron chi connectivity index (χ1n) is 5.77. The molecule has 0 aliphatic carbocycles. The van der Waals surface area contributed by atoms with Crippen LogP contribution in [0.4, 0.5) is 4.39 Å². The highest BCUT2D eigenvalue weighted by Crippen LogP contribution is 2.18. The van der Waals surface area contributed by atoms with Crippen LogP contribution in [-0.4, -0.2) is 24.2 Å². The molecule has 1 saturated heterocycles. The van der Waals surface area contributed by atoms with Crippen LogP contribution in [0.2, 0.25) is 5.02 Å². The summed E-state index contributed by atoms with van der Waals surface area (Å²) < 4.78 is 13.6. The molecule has 1 aromatic carbocycles. The van der Waals surface area contributed by atoms with Crippen molar-refractivity contribution in [1.82, 2.24) is 10.6 Å². The van der Waals surface area contributed by atoms with Gasteiger partial charge in [-0.05, 0) is 18.1 Å². The van der Waals surface area contributed by atoms with Crippen molar-refractivity contribution < 1.29 is 9.18 Å². The number of halogens is 2. The van der Waals surface area contributed by atoms with Crippen LogP contribution in [0.1, 0.15) is 12.0 Å². The monoisotopic (exact) mass is 288 g/mol. The molecule has 3 atom stereocenters. The van der Waals surface area contributed by atoms with E-state index >= 15 is 0 Å². The van der Waals surface area contributed by atoms with Gasteiger partial charge in [0.15, 0.2) is 0 Å². The van der Waals surface area contributed by atoms with E-state index in [9.17, 15) is 9.18 Å². The highest BCUT2D eigenvalue weighted by Gasteiger charge is 2.26. The Labute approximate surface area is 113 Å². The van der Waals surface area contributed by atoms with Crippen molar-refractivity contribution >= 4 is 26.7 Å². The number of nitrogens with one attached hydrogen (secondary N) is 2. The standard InChI is InChI=1S/C12H15ClFN2OP/c13-9-3-1-2-7(11(9)14)5-16-12(17)10-4-8(18)6-15-10/h1-3,8,10,15H,4-6,18H2,(H,16,17)/t8-,10+/m1/s1. The van der Waals surface area contributed by atoms with Gasteiger partial charge in [0.1, 0.15) is 5.82 Å². The van der Waals surface area contributed by atoms with Gasteiger partial charge in [0, 0.05) is 18.7 Å². The molecule has 0 spiro atoms. The molecule has 2 N–H and O–H groups in total. The fraction of sp³-hybridized carbons (Fsp3) is 0.417. The van der Waals surface area contributed by atoms with Crippen LogP contribution in [0.25, 0.3) is 0 Å². The lowest BCUT2D eigenvalue weighted by Gasteiger charge is -2.11. The van der Waals surface area contributed by atoms with Crippen LogP contribution in [0.5, 0.6) is 0 Å². The lowest BCUT2D eigenvalue weighted by atomic mass is 10.2. The van der Waals surface area contributed by atoms with E-state index in [1.165, 1.54) is 6.07 Å². The number of carbonyl (C=O) groups excluding carboxylic acids is 1. The molecule has 0 bridgehead atoms. The molecule has 1 fully saturated rings. The second-order valence-corrected chi connectivity index (χ2v) is 5.74. The maximum Gasteiger partial charge on any atom is 0.237 e. The van der Waals surface area contributed by atoms with Gasteiger partial charge in [-0.3, -0.25) is 4.79 Å². The molecule has 2 rings (SSSR count). The zero-order chi connectivity index (χ0) is 13.1. The van der Waals surface area contributed by atoms with Gasteiger partial charge in [0.25, 0.3) is 0 Å². The first-order valence-corrected chi connectivity index (χ1v) is 6.82. The van der Waals surface area contributed by atoms with E-state index in [0.717, 1.165) is 13.0 Å². The topological polar surface area (TPSA) is 41.1 Å². The molecule has 1 aromatic rings. The molecule has 6 heteroatoms. The smallest absolute Gasteiger partial charge is 0.237 e. The third kappa shape index (κ3) is 3.19. The van der Waals surface area contributed by atoms with Crippen molar-refractivity contribution in [2.24, 2.45) is 0 Å². The number of amides is 1. The van der Waals surface area contributed by atoms with Gasteiger partial charge >= 0.3 is 0 Å². The van der Waals surface area contributed by atoms with Crippen molar-refractivity contribution in [3.05, 3.63) is 34.6 Å². The lowest BCUT2D eigenvalue weighted by Crippen LogP contribution is -2.40. The maximum absolute atomic E-state index is 13.6. The predicted octanol–water partition coefficient (Wildman–Crippen LogP) is 1.70. The Morgan fingerprint density at radius 3 is 3.06 bits per heavy atom. The third-order valence-corrected chi connectivity index (χ3v) is 3.77. The third-order valence-electron chi connectivity index (χ3n) is 2.97. The summed E-state index contributed by atoms with van der Waals surface area (Å²) in [4.78, 5) is 11.8. The lowest BCUT2D eigenvalue weighted by molar-refractivity contribution is -0.122. The molecule has 0 radical (unpaired) electrons. The molecular weight excluding hydrogens is 274 g/mol. The Morgan fingerprint density at radius 2 is 2.39 bits per heavy atom. The maximum atomic E-state index is 13.6. The van der Waals surface area contributed by atoms with Crippen LogP contribution in [-0.2, 0) is 11.3 Å². The van der Waals surface area contributed by atoms with Crippen molar-refractivity contribution in [3.63, 3.8) is 0 Å². The Kier molecular flexibility index (Phi) is 4.55. The quantitative estimate of drug-likeness (QED) is 0.831. The fourth-order valence-corrected chi connectivity index (χ4v) is 2.56. The highest BCUT2D eigenvalue weighted by atomic mass is 35.5. The van der Waals surface area contributed by atoms with Crippen LogP contribution in [0.15, 0.2) is 18.2 Å². The van der Waals surface area contributed by atoms with E-state index in [1.54, 1.807) is 12.1 Å². The SMILES string of the molecule is O=C(NCc1cccc(Cl)c1F)[C@@H]1C[C@@H](P)CN1. The second-order valence-electron chi connectivity index (χ2n) is 4.39. The second kappa shape index (κ2) is 5.96. The minimum atomic E-state index is -0.470. The van der Waals surface area contributed by atoms with E-state index in [-0.39, 0.29) is 23.5 Å². The number of rotatable bonds is 3. The Hall–Kier alpha value is -0.700. The molecular formula is C12H15ClFN2OP. The highest BCUT2D eigenvalue weighted by molar-refractivity contribution is 7.17. The Bertz CT molecular complexity index is 458. The zero-order valence-electron chi connectivity index (χ0n) is 9.75. The molecule has 1 aliphatic heterocycles. The van der Waals surface area contributed by atoms with E-state index in [2.05, 4.69) is 19.9 Å². The molecule has 0 saturated carbocycles. The van der Waals surface area contributed by atoms with Gasteiger partial charge in [-0.15, -0.1) is 9.24 Å². The van der Waals surface area contributed by atoms with Crippen LogP contribution >= 0.6 is 20.8 Å². The van der Waals surface area contributed by atoms with E-state index < -0.39 is 5.82 Å². The summed E-state index contributed by atoms with van der Waals surface area (Å²) in [5.74, 6) is -0.568. The number of hydrogen-bond acceptors (Lipinski definition) is 2. The van der Waals surface area contributed by atoms with Crippen LogP contribution in [0.3, 0.4) is 0 Å². The summed E-state index contributed by atoms with van der Waals surface area (Å²) in [6.07, 6.45) is 0.786. The number of hydrogen-bond donors (Lipinski definition) is 2. The summed E-state index contributed by atoms with van der Waals surface area (Å²) in [5, 5.41) is 5.91. The van der Waals surface area contributed by atoms with Crippen molar-refractivity contribution in [2.45, 2.75) is 24.7 Å². The van der Waals surface area contributed by atoms with E-state index in [0.29, 0.717) is 11.2 Å². The number of benzene rings is 1. The fourth-order valence-electron chi connectivity index (χ4n) is 1.95. The van der Waals surface area contributed by atoms with Gasteiger partial charge in [-0.2, -0.15) is 0 Å². The first kappa shape index (κ1) is 13.7. The van der Waals surface area contributed by atoms with E-state index in [4.69, 9.17) is 11.6 Å². The molecule has 0 aromatic heterocycles. The summed E-state index contributed by atoms with van der Waals surface area (Å²) in [6.45, 7) is 0.971. The van der Waals surface area contributed by atoms with Gasteiger partial charge < -0.3 is 10.6 Å². The van der Waals surface area contributed by atoms with Crippen molar-refractivity contribution in [1.29, 1.82) is 0 Å². The van der Waals surface area contributed by atoms with Crippen LogP contribution < -0.4 is 10.6 Å². The summed E-state index contributed by atoms with van der Waals surface area (Å²) in [6, 6.07) is 4.58. The molecule has 1 amide bonds. The predicted molar refractivity (Wildman–Crippen MR) is 73.2 cm³/mol. The summed E-state index contributed by atoms with van der Waals surface area (Å²) >= 11 is 5.67. The largest absolute Gasteiger partial charge is 0.351 e. The molecule has 98 valence electrons. The Balaban J connectivity index is 1.91. The van der Waals surface area contributed by atoms with Gasteiger partial charge in [-0.25, -0.2) is 4.39 Å². The average Bonchev–Trinajstić information content (AvgIpc) is 2.77. The summed E-state index contributed by atoms with van der Waals surface area (Å²) in [7, 11) is 2.69. The van der Waals surface area contributed by atoms with Gasteiger partial charge in [0.2, 0.25) is 5.91 Å². The van der Waals surface area contributed by atoms with Gasteiger partial charge in [-0.1, -0.05) is 23.7 Å². The average molecular weight is 289 g/mol. The van der Waals surface area contributed by atoms with E-state index in [1.807, 2.05) is 0 Å². The number of carbonyl (C=O) groups is 1. The Morgan fingerprint density at radius 1 is 1.61 bits per heavy atom. The van der Waals surface area contributed by atoms with Gasteiger partial charge in [0.05, 0.1) is 11.1 Å². The normalized spacial score (nSPS) is 23.1. The summed E-state index contributed by atoms with van der Waals surface area (Å²) in [5.41, 5.74) is 0.819. The molecule has 1 heterocycles. The molecule has 1 unspecified atom stereocenters. The minimum absolute atomic E-state index is 0.0748. The molecule has 3 nitrogen and oxygen atoms in total. The van der Waals surface area contributed by atoms with Crippen LogP contribution in [0, 0.1) is 5.82 Å². The first-order chi connectivity index (χ1) is 8.58. The minimum Gasteiger partial charge on any atom is -0.351 e. The molecule has 18 heavy (non-hydrogen) atoms. The zero-order valence-corrected chi connectivity index (χ0v) is 11.7. The molecule has 1 aliphatic rings.